The molecule has 1 aliphatic carbocycles. The van der Waals surface area contributed by atoms with Gasteiger partial charge < -0.3 is 4.40 Å². The van der Waals surface area contributed by atoms with Crippen LogP contribution >= 0.6 is 0 Å². The second-order valence-corrected chi connectivity index (χ2v) is 14.1. The summed E-state index contributed by atoms with van der Waals surface area (Å²) < 4.78 is 4.97. The Hall–Kier alpha value is -3.13. The van der Waals surface area contributed by atoms with E-state index in [1.165, 1.54) is 96.9 Å². The molecule has 0 radical (unpaired) electrons. The van der Waals surface area contributed by atoms with Gasteiger partial charge in [0.05, 0.1) is 27.3 Å². The molecule has 0 N–H and O–H groups in total. The topological polar surface area (TPSA) is 8.29 Å². The molecule has 3 aromatic carbocycles. The van der Waals surface area contributed by atoms with Gasteiger partial charge in [-0.15, -0.1) is 0 Å². The molecule has 0 bridgehead atoms. The summed E-state index contributed by atoms with van der Waals surface area (Å²) in [6.45, 7) is 16.4. The number of aryl methyl sites for hydroxylation is 3. The van der Waals surface area contributed by atoms with Crippen LogP contribution in [0.3, 0.4) is 0 Å². The van der Waals surface area contributed by atoms with E-state index in [1.54, 1.807) is 0 Å². The van der Waals surface area contributed by atoms with E-state index in [2.05, 4.69) is 113 Å². The summed E-state index contributed by atoms with van der Waals surface area (Å²) in [5.74, 6) is 0.645. The number of benzene rings is 3. The number of aromatic nitrogens is 2. The zero-order valence-electron chi connectivity index (χ0n) is 24.4. The molecule has 0 saturated heterocycles. The molecule has 2 nitrogen and oxygen atoms in total. The van der Waals surface area contributed by atoms with Crippen LogP contribution in [-0.2, 0) is 12.5 Å². The van der Waals surface area contributed by atoms with Crippen LogP contribution < -0.4 is 4.57 Å². The molecular weight excluding hydrogens is 460 g/mol. The zero-order valence-corrected chi connectivity index (χ0v) is 24.4. The molecule has 0 amide bonds. The maximum atomic E-state index is 2.62. The van der Waals surface area contributed by atoms with Crippen LogP contribution in [0.2, 0.25) is 0 Å². The molecule has 1 aliphatic rings. The summed E-state index contributed by atoms with van der Waals surface area (Å²) >= 11 is 0. The normalized spacial score (nSPS) is 17.2. The third-order valence-electron chi connectivity index (χ3n) is 9.96. The minimum atomic E-state index is 0.114. The Labute approximate surface area is 226 Å². The lowest BCUT2D eigenvalue weighted by molar-refractivity contribution is -0.643. The number of nitrogens with zero attached hydrogens (tertiary/aromatic N) is 2. The van der Waals surface area contributed by atoms with Crippen molar-refractivity contribution in [3.8, 4) is 0 Å². The van der Waals surface area contributed by atoms with Gasteiger partial charge in [-0.3, -0.25) is 0 Å². The van der Waals surface area contributed by atoms with Gasteiger partial charge in [0.15, 0.2) is 6.20 Å². The quantitative estimate of drug-likeness (QED) is 0.120. The van der Waals surface area contributed by atoms with Crippen molar-refractivity contribution in [1.29, 1.82) is 0 Å². The largest absolute Gasteiger partial charge is 0.307 e. The predicted molar refractivity (Wildman–Crippen MR) is 163 cm³/mol. The molecule has 3 aromatic heterocycles. The first-order valence-electron chi connectivity index (χ1n) is 14.5. The smallest absolute Gasteiger partial charge is 0.224 e. The first-order chi connectivity index (χ1) is 17.9. The van der Waals surface area contributed by atoms with Crippen LogP contribution in [0.1, 0.15) is 88.5 Å². The van der Waals surface area contributed by atoms with Crippen LogP contribution in [0.15, 0.2) is 48.7 Å². The molecule has 7 rings (SSSR count). The van der Waals surface area contributed by atoms with E-state index >= 15 is 0 Å². The van der Waals surface area contributed by atoms with Crippen molar-refractivity contribution < 1.29 is 4.57 Å². The summed E-state index contributed by atoms with van der Waals surface area (Å²) in [5.41, 5.74) is 11.7. The van der Waals surface area contributed by atoms with Crippen molar-refractivity contribution >= 4 is 49.0 Å². The SMILES string of the molecule is Cc1cc2c3cc(C(C)(C)C)ccc3n3c4cc(C5CCC(C)(C)CC5)cc5cc[n+](C)c(c(c1C)c23)c54. The number of fused-ring (bicyclic) bond motifs is 5. The van der Waals surface area contributed by atoms with Gasteiger partial charge in [-0.1, -0.05) is 46.8 Å². The second-order valence-electron chi connectivity index (χ2n) is 14.1. The number of hydrogen-bond donors (Lipinski definition) is 0. The molecule has 0 atom stereocenters. The Morgan fingerprint density at radius 1 is 0.868 bits per heavy atom. The van der Waals surface area contributed by atoms with Crippen molar-refractivity contribution in [3.63, 3.8) is 0 Å². The number of rotatable bonds is 1. The molecule has 6 aromatic rings. The minimum absolute atomic E-state index is 0.114. The van der Waals surface area contributed by atoms with E-state index in [1.807, 2.05) is 0 Å². The highest BCUT2D eigenvalue weighted by Gasteiger charge is 2.30. The third-order valence-corrected chi connectivity index (χ3v) is 9.96. The average molecular weight is 502 g/mol. The molecule has 0 spiro atoms. The van der Waals surface area contributed by atoms with Crippen molar-refractivity contribution in [2.75, 3.05) is 0 Å². The van der Waals surface area contributed by atoms with Gasteiger partial charge in [0.2, 0.25) is 5.52 Å². The Morgan fingerprint density at radius 2 is 1.61 bits per heavy atom. The standard InChI is InChI=1S/C36H41N2/c1-21-17-28-27-20-26(35(3,4)5)9-10-29(27)38-30-19-25(23-11-14-36(6,7)15-12-23)18-24-13-16-37(8)34(32(24)30)31(22(21)2)33(28)38/h9-10,13,16-20,23H,11-12,14-15H2,1-8H3/q+1. The van der Waals surface area contributed by atoms with Crippen LogP contribution in [0.5, 0.6) is 0 Å². The first kappa shape index (κ1) is 23.9. The van der Waals surface area contributed by atoms with Gasteiger partial charge in [-0.05, 0) is 108 Å². The number of pyridine rings is 2. The highest BCUT2D eigenvalue weighted by Crippen LogP contribution is 2.46. The highest BCUT2D eigenvalue weighted by atomic mass is 15.0. The predicted octanol–water partition coefficient (Wildman–Crippen LogP) is 9.41. The average Bonchev–Trinajstić information content (AvgIpc) is 3.18. The maximum Gasteiger partial charge on any atom is 0.224 e. The first-order valence-corrected chi connectivity index (χ1v) is 14.5. The monoisotopic (exact) mass is 501 g/mol. The molecule has 194 valence electrons. The van der Waals surface area contributed by atoms with E-state index in [0.717, 1.165) is 0 Å². The lowest BCUT2D eigenvalue weighted by Gasteiger charge is -2.34. The fourth-order valence-electron chi connectivity index (χ4n) is 7.36. The Kier molecular flexibility index (Phi) is 4.86. The fourth-order valence-corrected chi connectivity index (χ4v) is 7.36. The molecule has 1 saturated carbocycles. The van der Waals surface area contributed by atoms with Gasteiger partial charge in [-0.2, -0.15) is 0 Å². The Morgan fingerprint density at radius 3 is 2.32 bits per heavy atom. The molecule has 38 heavy (non-hydrogen) atoms. The van der Waals surface area contributed by atoms with Crippen molar-refractivity contribution in [3.05, 3.63) is 70.9 Å². The molecule has 3 heterocycles. The van der Waals surface area contributed by atoms with E-state index in [9.17, 15) is 0 Å². The highest BCUT2D eigenvalue weighted by molar-refractivity contribution is 6.26. The van der Waals surface area contributed by atoms with Crippen molar-refractivity contribution in [2.24, 2.45) is 12.5 Å². The lowest BCUT2D eigenvalue weighted by atomic mass is 9.71. The Balaban J connectivity index is 1.68. The second kappa shape index (κ2) is 7.72. The van der Waals surface area contributed by atoms with Gasteiger partial charge >= 0.3 is 0 Å². The fraction of sp³-hybridized carbons (Fsp3) is 0.417. The molecule has 0 aliphatic heterocycles. The van der Waals surface area contributed by atoms with Crippen LogP contribution in [0.25, 0.3) is 49.0 Å². The lowest BCUT2D eigenvalue weighted by Crippen LogP contribution is -2.29. The van der Waals surface area contributed by atoms with E-state index in [0.29, 0.717) is 11.3 Å². The van der Waals surface area contributed by atoms with Gasteiger partial charge in [-0.25, -0.2) is 4.57 Å². The van der Waals surface area contributed by atoms with E-state index in [-0.39, 0.29) is 5.41 Å². The minimum Gasteiger partial charge on any atom is -0.307 e. The third kappa shape index (κ3) is 3.28. The summed E-state index contributed by atoms with van der Waals surface area (Å²) in [6, 6.07) is 17.1. The van der Waals surface area contributed by atoms with Crippen molar-refractivity contribution in [2.45, 2.75) is 85.5 Å². The maximum absolute atomic E-state index is 2.62. The molecule has 0 unspecified atom stereocenters. The Bertz CT molecular complexity index is 1900. The van der Waals surface area contributed by atoms with Crippen LogP contribution in [0, 0.1) is 19.3 Å². The summed E-state index contributed by atoms with van der Waals surface area (Å²) in [6.07, 6.45) is 7.48. The number of hydrogen-bond acceptors (Lipinski definition) is 0. The van der Waals surface area contributed by atoms with Crippen LogP contribution in [0.4, 0.5) is 0 Å². The summed E-state index contributed by atoms with van der Waals surface area (Å²) in [7, 11) is 2.22. The zero-order chi connectivity index (χ0) is 26.7. The summed E-state index contributed by atoms with van der Waals surface area (Å²) in [5, 5.41) is 6.95. The molecule has 1 fully saturated rings. The van der Waals surface area contributed by atoms with Gasteiger partial charge in [0.25, 0.3) is 0 Å². The van der Waals surface area contributed by atoms with Gasteiger partial charge in [0, 0.05) is 16.8 Å². The van der Waals surface area contributed by atoms with Crippen molar-refractivity contribution in [1.82, 2.24) is 4.40 Å². The molecular formula is C36H41N2+. The van der Waals surface area contributed by atoms with Gasteiger partial charge in [0.1, 0.15) is 7.05 Å². The summed E-state index contributed by atoms with van der Waals surface area (Å²) in [4.78, 5) is 0. The van der Waals surface area contributed by atoms with E-state index in [4.69, 9.17) is 0 Å². The van der Waals surface area contributed by atoms with Crippen LogP contribution in [-0.4, -0.2) is 4.40 Å². The molecule has 2 heteroatoms. The van der Waals surface area contributed by atoms with E-state index < -0.39 is 0 Å².